The molecule has 0 radical (unpaired) electrons. The highest BCUT2D eigenvalue weighted by atomic mass is 32.2. The lowest BCUT2D eigenvalue weighted by Crippen LogP contribution is -2.40. The fraction of sp³-hybridized carbons (Fsp3) is 0.889. The molecule has 1 saturated heterocycles. The van der Waals surface area contributed by atoms with E-state index in [1.54, 1.807) is 7.05 Å². The van der Waals surface area contributed by atoms with E-state index in [9.17, 15) is 0 Å². The molecule has 1 aliphatic heterocycles. The first-order valence-electron chi connectivity index (χ1n) is 5.39. The third kappa shape index (κ3) is 3.11. The first kappa shape index (κ1) is 12.2. The van der Waals surface area contributed by atoms with Crippen molar-refractivity contribution in [2.24, 2.45) is 7.05 Å². The van der Waals surface area contributed by atoms with Gasteiger partial charge in [0.2, 0.25) is 0 Å². The van der Waals surface area contributed by atoms with Crippen LogP contribution < -0.4 is 5.32 Å². The average molecular weight is 259 g/mol. The summed E-state index contributed by atoms with van der Waals surface area (Å²) in [6, 6.07) is 0.446. The van der Waals surface area contributed by atoms with Gasteiger partial charge in [0.15, 0.2) is 5.82 Å². The molecule has 0 aromatic carbocycles. The van der Waals surface area contributed by atoms with Crippen molar-refractivity contribution in [2.75, 3.05) is 24.3 Å². The predicted octanol–water partition coefficient (Wildman–Crippen LogP) is 0.189. The molecule has 1 aromatic rings. The lowest BCUT2D eigenvalue weighted by molar-refractivity contribution is 0.541. The number of tetrazole rings is 1. The van der Waals surface area contributed by atoms with Crippen LogP contribution in [-0.2, 0) is 13.5 Å². The quantitative estimate of drug-likeness (QED) is 0.833. The summed E-state index contributed by atoms with van der Waals surface area (Å²) in [6.07, 6.45) is 0.864. The Balaban J connectivity index is 1.94. The molecule has 90 valence electrons. The summed E-state index contributed by atoms with van der Waals surface area (Å²) in [6.45, 7) is 0. The highest BCUT2D eigenvalue weighted by Gasteiger charge is 2.24. The smallest absolute Gasteiger partial charge is 0.176 e. The van der Waals surface area contributed by atoms with E-state index in [4.69, 9.17) is 0 Å². The van der Waals surface area contributed by atoms with E-state index in [0.717, 1.165) is 12.2 Å². The molecule has 2 heterocycles. The predicted molar refractivity (Wildman–Crippen MR) is 68.9 cm³/mol. The molecular formula is C9H17N5S2. The van der Waals surface area contributed by atoms with Crippen LogP contribution in [0.4, 0.5) is 0 Å². The Kier molecular flexibility index (Phi) is 4.48. The zero-order valence-corrected chi connectivity index (χ0v) is 11.2. The summed E-state index contributed by atoms with van der Waals surface area (Å²) in [5.41, 5.74) is 0. The van der Waals surface area contributed by atoms with Crippen molar-refractivity contribution >= 4 is 23.5 Å². The molecule has 0 bridgehead atoms. The minimum atomic E-state index is 0.446. The minimum absolute atomic E-state index is 0.446. The molecule has 0 spiro atoms. The second-order valence-electron chi connectivity index (χ2n) is 3.78. The van der Waals surface area contributed by atoms with E-state index in [2.05, 4.69) is 32.5 Å². The maximum absolute atomic E-state index is 4.23. The van der Waals surface area contributed by atoms with Crippen molar-refractivity contribution in [3.8, 4) is 0 Å². The molecule has 2 unspecified atom stereocenters. The molecule has 1 aliphatic rings. The van der Waals surface area contributed by atoms with E-state index in [-0.39, 0.29) is 0 Å². The van der Waals surface area contributed by atoms with E-state index in [1.165, 1.54) is 22.1 Å². The molecule has 0 amide bonds. The summed E-state index contributed by atoms with van der Waals surface area (Å²) in [7, 11) is 3.82. The van der Waals surface area contributed by atoms with Gasteiger partial charge in [-0.25, -0.2) is 0 Å². The Bertz CT molecular complexity index is 323. The van der Waals surface area contributed by atoms with Crippen LogP contribution >= 0.6 is 23.5 Å². The maximum atomic E-state index is 4.23. The molecule has 16 heavy (non-hydrogen) atoms. The molecule has 0 aliphatic carbocycles. The second kappa shape index (κ2) is 5.88. The van der Waals surface area contributed by atoms with Gasteiger partial charge >= 0.3 is 0 Å². The number of hydrogen-bond acceptors (Lipinski definition) is 6. The molecule has 1 fully saturated rings. The van der Waals surface area contributed by atoms with Crippen LogP contribution in [0.3, 0.4) is 0 Å². The molecule has 5 nitrogen and oxygen atoms in total. The van der Waals surface area contributed by atoms with E-state index in [0.29, 0.717) is 11.3 Å². The topological polar surface area (TPSA) is 55.6 Å². The van der Waals surface area contributed by atoms with Crippen molar-refractivity contribution in [1.29, 1.82) is 0 Å². The Morgan fingerprint density at radius 3 is 3.00 bits per heavy atom. The maximum Gasteiger partial charge on any atom is 0.176 e. The van der Waals surface area contributed by atoms with E-state index >= 15 is 0 Å². The van der Waals surface area contributed by atoms with Crippen LogP contribution in [0.5, 0.6) is 0 Å². The van der Waals surface area contributed by atoms with Crippen molar-refractivity contribution < 1.29 is 0 Å². The van der Waals surface area contributed by atoms with Gasteiger partial charge in [-0.05, 0) is 12.3 Å². The van der Waals surface area contributed by atoms with Crippen molar-refractivity contribution in [3.05, 3.63) is 5.82 Å². The van der Waals surface area contributed by atoms with Crippen molar-refractivity contribution in [1.82, 2.24) is 25.5 Å². The molecular weight excluding hydrogens is 242 g/mol. The fourth-order valence-corrected chi connectivity index (χ4v) is 4.69. The molecule has 2 rings (SSSR count). The van der Waals surface area contributed by atoms with Gasteiger partial charge in [-0.15, -0.1) is 10.2 Å². The molecule has 0 saturated carbocycles. The number of aryl methyl sites for hydroxylation is 1. The number of nitrogens with zero attached hydrogens (tertiary/aromatic N) is 4. The standard InChI is InChI=1S/C9H17N5S2/c1-10-7(8-6-15-3-4-16-8)5-9-11-13-14(2)12-9/h7-8,10H,3-6H2,1-2H3. The summed E-state index contributed by atoms with van der Waals surface area (Å²) in [5.74, 6) is 4.58. The lowest BCUT2D eigenvalue weighted by atomic mass is 10.1. The van der Waals surface area contributed by atoms with Crippen LogP contribution in [0.1, 0.15) is 5.82 Å². The number of likely N-dealkylation sites (N-methyl/N-ethyl adjacent to an activating group) is 1. The first-order chi connectivity index (χ1) is 7.79. The summed E-state index contributed by atoms with van der Waals surface area (Å²) < 4.78 is 0. The van der Waals surface area contributed by atoms with E-state index in [1.807, 2.05) is 18.8 Å². The molecule has 7 heteroatoms. The summed E-state index contributed by atoms with van der Waals surface area (Å²) in [4.78, 5) is 1.52. The van der Waals surface area contributed by atoms with Crippen LogP contribution in [0.15, 0.2) is 0 Å². The summed E-state index contributed by atoms with van der Waals surface area (Å²) in [5, 5.41) is 16.2. The zero-order chi connectivity index (χ0) is 11.4. The van der Waals surface area contributed by atoms with Crippen LogP contribution in [0.2, 0.25) is 0 Å². The Morgan fingerprint density at radius 1 is 1.56 bits per heavy atom. The van der Waals surface area contributed by atoms with Gasteiger partial charge in [-0.2, -0.15) is 28.3 Å². The van der Waals surface area contributed by atoms with Gasteiger partial charge in [-0.3, -0.25) is 0 Å². The van der Waals surface area contributed by atoms with Crippen molar-refractivity contribution in [3.63, 3.8) is 0 Å². The number of hydrogen-bond donors (Lipinski definition) is 1. The molecule has 1 N–H and O–H groups in total. The normalized spacial score (nSPS) is 23.2. The Hall–Kier alpha value is -0.270. The third-order valence-corrected chi connectivity index (χ3v) is 5.53. The van der Waals surface area contributed by atoms with Crippen LogP contribution in [0.25, 0.3) is 0 Å². The number of aromatic nitrogens is 4. The van der Waals surface area contributed by atoms with Crippen LogP contribution in [-0.4, -0.2) is 55.8 Å². The van der Waals surface area contributed by atoms with E-state index < -0.39 is 0 Å². The first-order valence-corrected chi connectivity index (χ1v) is 7.59. The van der Waals surface area contributed by atoms with Crippen molar-refractivity contribution in [2.45, 2.75) is 17.7 Å². The van der Waals surface area contributed by atoms with Gasteiger partial charge in [-0.1, -0.05) is 0 Å². The number of thioether (sulfide) groups is 2. The number of rotatable bonds is 4. The largest absolute Gasteiger partial charge is 0.315 e. The lowest BCUT2D eigenvalue weighted by Gasteiger charge is -2.28. The van der Waals surface area contributed by atoms with Gasteiger partial charge in [0, 0.05) is 35.0 Å². The Morgan fingerprint density at radius 2 is 2.44 bits per heavy atom. The minimum Gasteiger partial charge on any atom is -0.315 e. The van der Waals surface area contributed by atoms with Gasteiger partial charge < -0.3 is 5.32 Å². The van der Waals surface area contributed by atoms with Gasteiger partial charge in [0.25, 0.3) is 0 Å². The monoisotopic (exact) mass is 259 g/mol. The van der Waals surface area contributed by atoms with Gasteiger partial charge in [0.1, 0.15) is 0 Å². The zero-order valence-electron chi connectivity index (χ0n) is 9.59. The summed E-state index contributed by atoms with van der Waals surface area (Å²) >= 11 is 4.10. The highest BCUT2D eigenvalue weighted by molar-refractivity contribution is 8.06. The second-order valence-corrected chi connectivity index (χ2v) is 6.28. The van der Waals surface area contributed by atoms with Crippen LogP contribution in [0, 0.1) is 0 Å². The third-order valence-electron chi connectivity index (χ3n) is 2.61. The Labute approximate surface area is 104 Å². The fourth-order valence-electron chi connectivity index (χ4n) is 1.76. The SMILES string of the molecule is CNC(Cc1nnn(C)n1)C1CSCCS1. The molecule has 2 atom stereocenters. The van der Waals surface area contributed by atoms with Gasteiger partial charge in [0.05, 0.1) is 7.05 Å². The number of nitrogens with one attached hydrogen (secondary N) is 1. The highest BCUT2D eigenvalue weighted by Crippen LogP contribution is 2.27. The average Bonchev–Trinajstić information content (AvgIpc) is 2.73. The molecule has 1 aromatic heterocycles.